The molecule has 0 aliphatic carbocycles. The van der Waals surface area contributed by atoms with Crippen molar-refractivity contribution in [2.24, 2.45) is 0 Å². The summed E-state index contributed by atoms with van der Waals surface area (Å²) in [6.45, 7) is 8.46. The van der Waals surface area contributed by atoms with E-state index >= 15 is 0 Å². The van der Waals surface area contributed by atoms with Gasteiger partial charge in [-0.05, 0) is 52.2 Å². The van der Waals surface area contributed by atoms with Gasteiger partial charge in [-0.25, -0.2) is 4.79 Å². The smallest absolute Gasteiger partial charge is 0.410 e. The van der Waals surface area contributed by atoms with Crippen LogP contribution in [0.3, 0.4) is 0 Å². The maximum atomic E-state index is 13.6. The van der Waals surface area contributed by atoms with Crippen LogP contribution in [0.25, 0.3) is 11.3 Å². The summed E-state index contributed by atoms with van der Waals surface area (Å²) in [6.07, 6.45) is 1.82. The SMILES string of the molecule is CC(C)(C)OC(=O)N1CCCC(n2nc(C(=O)N3CCOCC3)c3c2-c2ccccc2[S+](=O)(O)C3)CC1. The Balaban J connectivity index is 1.52. The van der Waals surface area contributed by atoms with E-state index < -0.39 is 15.8 Å². The molecule has 5 rings (SSSR count). The number of amides is 2. The first-order valence-corrected chi connectivity index (χ1v) is 14.5. The number of benzene rings is 1. The topological polar surface area (TPSA) is 114 Å². The number of fused-ring (bicyclic) bond motifs is 3. The van der Waals surface area contributed by atoms with Crippen molar-refractivity contribution in [3.8, 4) is 11.3 Å². The Bertz CT molecular complexity index is 1250. The summed E-state index contributed by atoms with van der Waals surface area (Å²) in [4.78, 5) is 30.1. The molecule has 1 aromatic heterocycles. The van der Waals surface area contributed by atoms with E-state index in [9.17, 15) is 18.4 Å². The van der Waals surface area contributed by atoms with Gasteiger partial charge >= 0.3 is 6.09 Å². The molecule has 2 aromatic rings. The number of aromatic nitrogens is 2. The molecular formula is C26H35N4O6S+. The van der Waals surface area contributed by atoms with Gasteiger partial charge in [0.2, 0.25) is 0 Å². The fraction of sp³-hybridized carbons (Fsp3) is 0.577. The van der Waals surface area contributed by atoms with Crippen molar-refractivity contribution in [2.75, 3.05) is 39.4 Å². The minimum Gasteiger partial charge on any atom is -0.444 e. The van der Waals surface area contributed by atoms with E-state index in [0.29, 0.717) is 61.8 Å². The van der Waals surface area contributed by atoms with Crippen molar-refractivity contribution >= 4 is 22.2 Å². The molecule has 4 heterocycles. The molecule has 0 bridgehead atoms. The van der Waals surface area contributed by atoms with E-state index in [-0.39, 0.29) is 29.5 Å². The van der Waals surface area contributed by atoms with Crippen LogP contribution < -0.4 is 0 Å². The summed E-state index contributed by atoms with van der Waals surface area (Å²) in [5, 5.41) is 4.84. The molecular weight excluding hydrogens is 496 g/mol. The monoisotopic (exact) mass is 531 g/mol. The molecule has 37 heavy (non-hydrogen) atoms. The number of hydrogen-bond donors (Lipinski definition) is 1. The average Bonchev–Trinajstić information content (AvgIpc) is 3.04. The zero-order valence-electron chi connectivity index (χ0n) is 21.6. The molecule has 2 fully saturated rings. The van der Waals surface area contributed by atoms with Crippen molar-refractivity contribution in [1.29, 1.82) is 0 Å². The fourth-order valence-electron chi connectivity index (χ4n) is 5.29. The molecule has 0 radical (unpaired) electrons. The van der Waals surface area contributed by atoms with Gasteiger partial charge < -0.3 is 19.3 Å². The molecule has 200 valence electrons. The number of nitrogens with zero attached hydrogens (tertiary/aromatic N) is 4. The zero-order valence-corrected chi connectivity index (χ0v) is 22.5. The Hall–Kier alpha value is -2.76. The van der Waals surface area contributed by atoms with Crippen LogP contribution in [0.1, 0.15) is 62.1 Å². The minimum absolute atomic E-state index is 0.0756. The van der Waals surface area contributed by atoms with Crippen molar-refractivity contribution in [2.45, 2.75) is 62.3 Å². The third-order valence-electron chi connectivity index (χ3n) is 7.03. The van der Waals surface area contributed by atoms with Gasteiger partial charge in [-0.2, -0.15) is 9.65 Å². The molecule has 1 aromatic carbocycles. The summed E-state index contributed by atoms with van der Waals surface area (Å²) in [6, 6.07) is 7.02. The minimum atomic E-state index is -3.37. The van der Waals surface area contributed by atoms with Crippen molar-refractivity contribution in [3.63, 3.8) is 0 Å². The second kappa shape index (κ2) is 9.85. The highest BCUT2D eigenvalue weighted by Gasteiger charge is 2.45. The highest BCUT2D eigenvalue weighted by Crippen LogP contribution is 2.44. The Labute approximate surface area is 218 Å². The number of ether oxygens (including phenoxy) is 2. The van der Waals surface area contributed by atoms with Crippen LogP contribution in [0.2, 0.25) is 0 Å². The van der Waals surface area contributed by atoms with Crippen LogP contribution in [0.15, 0.2) is 29.2 Å². The Morgan fingerprint density at radius 1 is 1.08 bits per heavy atom. The molecule has 3 aliphatic rings. The maximum absolute atomic E-state index is 13.6. The number of carbonyl (C=O) groups excluding carboxylic acids is 2. The van der Waals surface area contributed by atoms with Crippen LogP contribution in [0, 0.1) is 0 Å². The van der Waals surface area contributed by atoms with Crippen molar-refractivity contribution in [1.82, 2.24) is 19.6 Å². The zero-order chi connectivity index (χ0) is 26.4. The second-order valence-electron chi connectivity index (χ2n) is 10.9. The first kappa shape index (κ1) is 25.9. The number of morpholine rings is 1. The van der Waals surface area contributed by atoms with Gasteiger partial charge in [0.15, 0.2) is 16.3 Å². The van der Waals surface area contributed by atoms with E-state index in [2.05, 4.69) is 0 Å². The summed E-state index contributed by atoms with van der Waals surface area (Å²) < 4.78 is 37.1. The van der Waals surface area contributed by atoms with Gasteiger partial charge in [-0.15, -0.1) is 0 Å². The van der Waals surface area contributed by atoms with Gasteiger partial charge in [-0.1, -0.05) is 16.3 Å². The molecule has 11 heteroatoms. The second-order valence-corrected chi connectivity index (χ2v) is 12.9. The summed E-state index contributed by atoms with van der Waals surface area (Å²) >= 11 is 0. The predicted molar refractivity (Wildman–Crippen MR) is 138 cm³/mol. The molecule has 3 aliphatic heterocycles. The van der Waals surface area contributed by atoms with E-state index in [4.69, 9.17) is 14.6 Å². The van der Waals surface area contributed by atoms with Crippen LogP contribution in [-0.2, 0) is 29.6 Å². The lowest BCUT2D eigenvalue weighted by Crippen LogP contribution is -2.41. The highest BCUT2D eigenvalue weighted by molar-refractivity contribution is 7.97. The third kappa shape index (κ3) is 5.17. The standard InChI is InChI=1S/C26H34N4O6S/c1-26(2,3)36-25(32)29-11-6-7-18(10-12-29)30-23-19-8-4-5-9-21(19)37(33,34)17-20(23)22(27-30)24(31)28-13-15-35-16-14-28/h4-5,8-9,18H,6-7,10-17H2,1-3H3/p+1. The van der Waals surface area contributed by atoms with Gasteiger partial charge in [-0.3, -0.25) is 9.48 Å². The predicted octanol–water partition coefficient (Wildman–Crippen LogP) is 3.83. The fourth-order valence-corrected chi connectivity index (χ4v) is 6.91. The number of likely N-dealkylation sites (tertiary alicyclic amines) is 1. The molecule has 0 spiro atoms. The normalized spacial score (nSPS) is 24.2. The number of hydrogen-bond acceptors (Lipinski definition) is 6. The Kier molecular flexibility index (Phi) is 6.88. The van der Waals surface area contributed by atoms with Crippen LogP contribution in [0.5, 0.6) is 0 Å². The molecule has 2 saturated heterocycles. The lowest BCUT2D eigenvalue weighted by atomic mass is 10.0. The van der Waals surface area contributed by atoms with Gasteiger partial charge in [0.05, 0.1) is 36.1 Å². The van der Waals surface area contributed by atoms with Gasteiger partial charge in [0, 0.05) is 26.2 Å². The number of carbonyl (C=O) groups is 2. The summed E-state index contributed by atoms with van der Waals surface area (Å²) in [7, 11) is -3.37. The van der Waals surface area contributed by atoms with Crippen molar-refractivity contribution in [3.05, 3.63) is 35.5 Å². The Morgan fingerprint density at radius 2 is 1.81 bits per heavy atom. The third-order valence-corrected chi connectivity index (χ3v) is 8.75. The van der Waals surface area contributed by atoms with E-state index in [1.165, 1.54) is 0 Å². The molecule has 2 atom stereocenters. The van der Waals surface area contributed by atoms with E-state index in [1.807, 2.05) is 37.6 Å². The molecule has 10 nitrogen and oxygen atoms in total. The van der Waals surface area contributed by atoms with Crippen LogP contribution in [0.4, 0.5) is 4.79 Å². The average molecular weight is 532 g/mol. The van der Waals surface area contributed by atoms with Crippen LogP contribution in [-0.4, -0.2) is 81.1 Å². The lowest BCUT2D eigenvalue weighted by molar-refractivity contribution is 0.0255. The largest absolute Gasteiger partial charge is 0.444 e. The summed E-state index contributed by atoms with van der Waals surface area (Å²) in [5.74, 6) is -0.390. The maximum Gasteiger partial charge on any atom is 0.410 e. The van der Waals surface area contributed by atoms with Gasteiger partial charge in [0.1, 0.15) is 5.60 Å². The Morgan fingerprint density at radius 3 is 2.54 bits per heavy atom. The number of rotatable bonds is 2. The molecule has 2 amide bonds. The van der Waals surface area contributed by atoms with E-state index in [1.54, 1.807) is 21.9 Å². The molecule has 0 saturated carbocycles. The molecule has 2 unspecified atom stereocenters. The summed E-state index contributed by atoms with van der Waals surface area (Å²) in [5.41, 5.74) is 1.56. The van der Waals surface area contributed by atoms with Gasteiger partial charge in [0.25, 0.3) is 16.1 Å². The van der Waals surface area contributed by atoms with Crippen molar-refractivity contribution < 1.29 is 27.8 Å². The lowest BCUT2D eigenvalue weighted by Gasteiger charge is -2.26. The quantitative estimate of drug-likeness (QED) is 0.586. The van der Waals surface area contributed by atoms with Crippen LogP contribution >= 0.6 is 0 Å². The highest BCUT2D eigenvalue weighted by atomic mass is 32.3. The first-order chi connectivity index (χ1) is 17.5. The van der Waals surface area contributed by atoms with E-state index in [0.717, 1.165) is 18.5 Å². The first-order valence-electron chi connectivity index (χ1n) is 12.9. The molecule has 1 N–H and O–H groups in total.